The van der Waals surface area contributed by atoms with Crippen molar-refractivity contribution < 1.29 is 9.53 Å². The minimum Gasteiger partial charge on any atom is -0.377 e. The van der Waals surface area contributed by atoms with Crippen molar-refractivity contribution in [1.29, 1.82) is 5.26 Å². The number of anilines is 1. The third kappa shape index (κ3) is 3.25. The summed E-state index contributed by atoms with van der Waals surface area (Å²) in [5.41, 5.74) is 1.59. The molecule has 9 nitrogen and oxygen atoms in total. The number of carbonyl (C=O) groups is 1. The zero-order chi connectivity index (χ0) is 19.8. The molecule has 3 aromatic heterocycles. The van der Waals surface area contributed by atoms with Gasteiger partial charge in [0.25, 0.3) is 0 Å². The number of nitriles is 1. The smallest absolute Gasteiger partial charge is 0.245 e. The van der Waals surface area contributed by atoms with Crippen LogP contribution in [0.4, 0.5) is 5.82 Å². The van der Waals surface area contributed by atoms with Gasteiger partial charge in [-0.15, -0.1) is 5.10 Å². The average Bonchev–Trinajstić information content (AvgIpc) is 3.32. The Labute approximate surface area is 167 Å². The fourth-order valence-electron chi connectivity index (χ4n) is 3.37. The number of nitrogens with zero attached hydrogens (tertiary/aromatic N) is 7. The molecule has 3 aromatic rings. The number of carbonyl (C=O) groups excluding carboxylic acids is 1. The Bertz CT molecular complexity index is 1090. The molecule has 0 spiro atoms. The summed E-state index contributed by atoms with van der Waals surface area (Å²) in [4.78, 5) is 18.3. The highest BCUT2D eigenvalue weighted by Gasteiger charge is 2.35. The lowest BCUT2D eigenvalue weighted by Crippen LogP contribution is -2.30. The molecule has 1 amide bonds. The third-order valence-corrected chi connectivity index (χ3v) is 5.26. The predicted octanol–water partition coefficient (Wildman–Crippen LogP) is 2.24. The van der Waals surface area contributed by atoms with Crippen molar-refractivity contribution in [3.63, 3.8) is 0 Å². The van der Waals surface area contributed by atoms with Crippen LogP contribution in [-0.2, 0) is 9.53 Å². The Balaban J connectivity index is 0.000000556. The zero-order valence-electron chi connectivity index (χ0n) is 15.9. The molecule has 0 aromatic carbocycles. The molecule has 3 aliphatic rings. The van der Waals surface area contributed by atoms with Crippen molar-refractivity contribution in [1.82, 2.24) is 24.5 Å². The largest absolute Gasteiger partial charge is 0.377 e. The molecule has 5 heterocycles. The van der Waals surface area contributed by atoms with Crippen LogP contribution in [0, 0.1) is 17.2 Å². The molecule has 1 unspecified atom stereocenters. The van der Waals surface area contributed by atoms with E-state index in [1.807, 2.05) is 16.9 Å². The molecule has 9 heteroatoms. The monoisotopic (exact) mass is 391 g/mol. The summed E-state index contributed by atoms with van der Waals surface area (Å²) >= 11 is 0. The van der Waals surface area contributed by atoms with Gasteiger partial charge in [0.05, 0.1) is 49.4 Å². The molecule has 1 atom stereocenters. The Morgan fingerprint density at radius 3 is 2.69 bits per heavy atom. The Kier molecular flexibility index (Phi) is 4.48. The number of hydrogen-bond donors (Lipinski definition) is 0. The van der Waals surface area contributed by atoms with Crippen molar-refractivity contribution in [3.05, 3.63) is 30.9 Å². The van der Waals surface area contributed by atoms with Gasteiger partial charge in [0, 0.05) is 18.1 Å². The van der Waals surface area contributed by atoms with Gasteiger partial charge in [-0.2, -0.15) is 10.4 Å². The number of rotatable bonds is 3. The second kappa shape index (κ2) is 7.29. The van der Waals surface area contributed by atoms with Gasteiger partial charge in [0.1, 0.15) is 11.6 Å². The van der Waals surface area contributed by atoms with E-state index >= 15 is 0 Å². The standard InChI is InChI=1S/C17H15N7O2.C3H6/c18-5-11-2-4-22(17(11)25)16-14-1-3-19-7-15(14)24(21-16)12-6-20-23(8-12)13-9-26-10-13;1-2-3-1/h1,3,6-8,11,13H,2,4,9-10H2;1-3H2. The van der Waals surface area contributed by atoms with Crippen LogP contribution >= 0.6 is 0 Å². The minimum absolute atomic E-state index is 0.196. The maximum Gasteiger partial charge on any atom is 0.245 e. The third-order valence-electron chi connectivity index (χ3n) is 5.26. The van der Waals surface area contributed by atoms with E-state index < -0.39 is 5.92 Å². The highest BCUT2D eigenvalue weighted by atomic mass is 16.5. The first-order chi connectivity index (χ1) is 14.3. The summed E-state index contributed by atoms with van der Waals surface area (Å²) < 4.78 is 8.83. The molecule has 1 saturated carbocycles. The highest BCUT2D eigenvalue weighted by Crippen LogP contribution is 2.32. The van der Waals surface area contributed by atoms with Crippen LogP contribution in [0.15, 0.2) is 30.9 Å². The fourth-order valence-corrected chi connectivity index (χ4v) is 3.37. The molecule has 29 heavy (non-hydrogen) atoms. The molecule has 0 N–H and O–H groups in total. The number of amides is 1. The summed E-state index contributed by atoms with van der Waals surface area (Å²) in [6, 6.07) is 4.15. The Morgan fingerprint density at radius 2 is 2.03 bits per heavy atom. The van der Waals surface area contributed by atoms with Gasteiger partial charge < -0.3 is 4.74 Å². The van der Waals surface area contributed by atoms with Gasteiger partial charge in [0.2, 0.25) is 5.91 Å². The first-order valence-electron chi connectivity index (χ1n) is 9.92. The number of fused-ring (bicyclic) bond motifs is 1. The van der Waals surface area contributed by atoms with Crippen LogP contribution in [0.25, 0.3) is 16.6 Å². The van der Waals surface area contributed by atoms with Crippen LogP contribution in [0.1, 0.15) is 31.7 Å². The molecule has 2 aliphatic heterocycles. The molecule has 1 aliphatic carbocycles. The summed E-state index contributed by atoms with van der Waals surface area (Å²) in [5, 5.41) is 19.0. The summed E-state index contributed by atoms with van der Waals surface area (Å²) in [7, 11) is 0. The molecule has 3 fully saturated rings. The molecule has 148 valence electrons. The molecule has 6 rings (SSSR count). The van der Waals surface area contributed by atoms with E-state index in [9.17, 15) is 4.79 Å². The quantitative estimate of drug-likeness (QED) is 0.678. The van der Waals surface area contributed by atoms with Crippen LogP contribution < -0.4 is 4.90 Å². The molecular weight excluding hydrogens is 370 g/mol. The number of aromatic nitrogens is 5. The van der Waals surface area contributed by atoms with E-state index in [1.165, 1.54) is 19.3 Å². The van der Waals surface area contributed by atoms with Crippen LogP contribution in [0.2, 0.25) is 0 Å². The minimum atomic E-state index is -0.599. The Morgan fingerprint density at radius 1 is 1.21 bits per heavy atom. The number of hydrogen-bond acceptors (Lipinski definition) is 6. The van der Waals surface area contributed by atoms with Gasteiger partial charge in [-0.05, 0) is 12.5 Å². The summed E-state index contributed by atoms with van der Waals surface area (Å²) in [5.74, 6) is -0.235. The van der Waals surface area contributed by atoms with E-state index in [-0.39, 0.29) is 11.9 Å². The van der Waals surface area contributed by atoms with E-state index in [1.54, 1.807) is 28.2 Å². The maximum atomic E-state index is 12.5. The second-order valence-corrected chi connectivity index (χ2v) is 7.52. The molecule has 2 saturated heterocycles. The molecular formula is C20H21N7O2. The first-order valence-corrected chi connectivity index (χ1v) is 9.92. The zero-order valence-corrected chi connectivity index (χ0v) is 15.9. The predicted molar refractivity (Wildman–Crippen MR) is 104 cm³/mol. The van der Waals surface area contributed by atoms with Crippen LogP contribution in [0.3, 0.4) is 0 Å². The normalized spacial score (nSPS) is 20.9. The van der Waals surface area contributed by atoms with Gasteiger partial charge in [0.15, 0.2) is 5.82 Å². The van der Waals surface area contributed by atoms with E-state index in [2.05, 4.69) is 21.3 Å². The van der Waals surface area contributed by atoms with Crippen LogP contribution in [-0.4, -0.2) is 50.2 Å². The lowest BCUT2D eigenvalue weighted by molar-refractivity contribution is -0.119. The fraction of sp³-hybridized carbons (Fsp3) is 0.450. The average molecular weight is 391 g/mol. The van der Waals surface area contributed by atoms with E-state index in [4.69, 9.17) is 10.00 Å². The van der Waals surface area contributed by atoms with E-state index in [0.29, 0.717) is 32.0 Å². The number of pyridine rings is 1. The van der Waals surface area contributed by atoms with Gasteiger partial charge in [-0.1, -0.05) is 19.3 Å². The lowest BCUT2D eigenvalue weighted by atomic mass is 10.1. The van der Waals surface area contributed by atoms with Crippen molar-refractivity contribution in [2.75, 3.05) is 24.7 Å². The van der Waals surface area contributed by atoms with Gasteiger partial charge >= 0.3 is 0 Å². The second-order valence-electron chi connectivity index (χ2n) is 7.52. The van der Waals surface area contributed by atoms with Crippen molar-refractivity contribution in [2.24, 2.45) is 5.92 Å². The van der Waals surface area contributed by atoms with Gasteiger partial charge in [-0.25, -0.2) is 4.68 Å². The van der Waals surface area contributed by atoms with E-state index in [0.717, 1.165) is 16.6 Å². The highest BCUT2D eigenvalue weighted by molar-refractivity contribution is 6.04. The SMILES string of the molecule is C1CC1.N#CC1CCN(c2nn(-c3cnn(C4COC4)c3)c3cnccc23)C1=O. The van der Waals surface area contributed by atoms with Crippen molar-refractivity contribution in [3.8, 4) is 11.8 Å². The van der Waals surface area contributed by atoms with Gasteiger partial charge in [-0.3, -0.25) is 19.4 Å². The first kappa shape index (κ1) is 17.8. The summed E-state index contributed by atoms with van der Waals surface area (Å²) in [6.07, 6.45) is 12.1. The van der Waals surface area contributed by atoms with Crippen molar-refractivity contribution in [2.45, 2.75) is 31.7 Å². The molecule has 0 bridgehead atoms. The lowest BCUT2D eigenvalue weighted by Gasteiger charge is -2.25. The maximum absolute atomic E-state index is 12.5. The summed E-state index contributed by atoms with van der Waals surface area (Å²) in [6.45, 7) is 1.81. The topological polar surface area (TPSA) is 102 Å². The van der Waals surface area contributed by atoms with Crippen LogP contribution in [0.5, 0.6) is 0 Å². The number of ether oxygens (including phenoxy) is 1. The Hall–Kier alpha value is -3.25. The molecule has 0 radical (unpaired) electrons. The van der Waals surface area contributed by atoms with Crippen molar-refractivity contribution >= 4 is 22.6 Å².